The first-order chi connectivity index (χ1) is 12.3. The van der Waals surface area contributed by atoms with Crippen molar-refractivity contribution in [2.75, 3.05) is 36.0 Å². The van der Waals surface area contributed by atoms with Crippen molar-refractivity contribution in [3.8, 4) is 0 Å². The summed E-state index contributed by atoms with van der Waals surface area (Å²) in [6.07, 6.45) is 6.08. The van der Waals surface area contributed by atoms with Crippen LogP contribution in [0.2, 0.25) is 0 Å². The zero-order chi connectivity index (χ0) is 17.5. The number of carbonyl (C=O) groups excluding carboxylic acids is 1. The summed E-state index contributed by atoms with van der Waals surface area (Å²) < 4.78 is 0. The second-order valence-corrected chi connectivity index (χ2v) is 8.55. The molecule has 3 heterocycles. The molecule has 0 spiro atoms. The maximum atomic E-state index is 12.5. The Hall–Kier alpha value is -1.34. The topological polar surface area (TPSA) is 58.1 Å². The first-order valence-electron chi connectivity index (χ1n) is 9.10. The molecule has 0 bridgehead atoms. The van der Waals surface area contributed by atoms with Gasteiger partial charge in [0.05, 0.1) is 5.92 Å². The van der Waals surface area contributed by atoms with Crippen LogP contribution in [0.15, 0.2) is 18.3 Å². The van der Waals surface area contributed by atoms with Gasteiger partial charge >= 0.3 is 0 Å². The van der Waals surface area contributed by atoms with Gasteiger partial charge in [0, 0.05) is 25.8 Å². The number of amides is 1. The maximum absolute atomic E-state index is 12.5. The van der Waals surface area contributed by atoms with Crippen LogP contribution in [0.25, 0.3) is 10.3 Å². The predicted molar refractivity (Wildman–Crippen MR) is 108 cm³/mol. The number of fused-ring (bicyclic) bond motifs is 1. The lowest BCUT2D eigenvalue weighted by molar-refractivity contribution is -0.125. The van der Waals surface area contributed by atoms with E-state index in [0.717, 1.165) is 60.1 Å². The van der Waals surface area contributed by atoms with Crippen molar-refractivity contribution in [1.82, 2.24) is 15.3 Å². The zero-order valence-corrected chi connectivity index (χ0v) is 16.4. The van der Waals surface area contributed by atoms with Crippen molar-refractivity contribution in [3.63, 3.8) is 0 Å². The quantitative estimate of drug-likeness (QED) is 0.712. The molecule has 136 valence electrons. The summed E-state index contributed by atoms with van der Waals surface area (Å²) in [6.45, 7) is 4.72. The standard InChI is InChI=1S/C18H26N4OS2/c1-2-11-24-12-5-9-19-16(23)14-6-4-10-22(13-14)18-21-15-7-3-8-20-17(15)25-18/h3,7-8,14H,2,4-6,9-13H2,1H3,(H,19,23)/t14-/m1/s1. The number of rotatable bonds is 8. The van der Waals surface area contributed by atoms with Gasteiger partial charge in [-0.1, -0.05) is 18.3 Å². The molecule has 2 aromatic rings. The summed E-state index contributed by atoms with van der Waals surface area (Å²) >= 11 is 3.58. The average molecular weight is 379 g/mol. The first-order valence-corrected chi connectivity index (χ1v) is 11.1. The summed E-state index contributed by atoms with van der Waals surface area (Å²) in [7, 11) is 0. The highest BCUT2D eigenvalue weighted by Gasteiger charge is 2.27. The lowest BCUT2D eigenvalue weighted by atomic mass is 9.97. The minimum atomic E-state index is 0.0667. The van der Waals surface area contributed by atoms with E-state index < -0.39 is 0 Å². The fourth-order valence-electron chi connectivity index (χ4n) is 3.04. The van der Waals surface area contributed by atoms with E-state index >= 15 is 0 Å². The molecule has 0 saturated carbocycles. The molecule has 2 aromatic heterocycles. The number of hydrogen-bond acceptors (Lipinski definition) is 6. The molecule has 25 heavy (non-hydrogen) atoms. The van der Waals surface area contributed by atoms with Gasteiger partial charge in [-0.2, -0.15) is 11.8 Å². The highest BCUT2D eigenvalue weighted by molar-refractivity contribution is 7.99. The van der Waals surface area contributed by atoms with Crippen LogP contribution >= 0.6 is 23.1 Å². The van der Waals surface area contributed by atoms with Crippen molar-refractivity contribution in [2.24, 2.45) is 5.92 Å². The van der Waals surface area contributed by atoms with Gasteiger partial charge in [-0.25, -0.2) is 9.97 Å². The van der Waals surface area contributed by atoms with Crippen molar-refractivity contribution in [2.45, 2.75) is 32.6 Å². The van der Waals surface area contributed by atoms with Crippen molar-refractivity contribution in [3.05, 3.63) is 18.3 Å². The molecule has 1 amide bonds. The van der Waals surface area contributed by atoms with Crippen LogP contribution in [0.4, 0.5) is 5.13 Å². The number of thioether (sulfide) groups is 1. The Morgan fingerprint density at radius 3 is 3.24 bits per heavy atom. The molecule has 0 aromatic carbocycles. The molecule has 7 heteroatoms. The third kappa shape index (κ3) is 5.07. The number of aromatic nitrogens is 2. The van der Waals surface area contributed by atoms with Crippen LogP contribution < -0.4 is 10.2 Å². The Labute approximate surface area is 157 Å². The molecule has 0 unspecified atom stereocenters. The molecule has 1 aliphatic heterocycles. The van der Waals surface area contributed by atoms with E-state index in [9.17, 15) is 4.79 Å². The summed E-state index contributed by atoms with van der Waals surface area (Å²) in [5.41, 5.74) is 0.943. The Morgan fingerprint density at radius 2 is 2.40 bits per heavy atom. The number of pyridine rings is 1. The van der Waals surface area contributed by atoms with Crippen LogP contribution in [0.5, 0.6) is 0 Å². The minimum Gasteiger partial charge on any atom is -0.356 e. The molecule has 3 rings (SSSR count). The van der Waals surface area contributed by atoms with Crippen LogP contribution in [-0.2, 0) is 4.79 Å². The van der Waals surface area contributed by atoms with Crippen LogP contribution in [0.1, 0.15) is 32.6 Å². The smallest absolute Gasteiger partial charge is 0.224 e. The van der Waals surface area contributed by atoms with E-state index in [0.29, 0.717) is 0 Å². The number of anilines is 1. The normalized spacial score (nSPS) is 17.8. The van der Waals surface area contributed by atoms with Gasteiger partial charge < -0.3 is 10.2 Å². The van der Waals surface area contributed by atoms with Crippen molar-refractivity contribution < 1.29 is 4.79 Å². The molecule has 1 N–H and O–H groups in total. The number of carbonyl (C=O) groups is 1. The molecule has 0 aliphatic carbocycles. The average Bonchev–Trinajstić information content (AvgIpc) is 3.09. The third-order valence-corrected chi connectivity index (χ3v) is 6.65. The number of piperidine rings is 1. The van der Waals surface area contributed by atoms with Crippen molar-refractivity contribution in [1.29, 1.82) is 0 Å². The summed E-state index contributed by atoms with van der Waals surface area (Å²) in [5.74, 6) is 2.60. The lowest BCUT2D eigenvalue weighted by Crippen LogP contribution is -2.43. The number of nitrogens with one attached hydrogen (secondary N) is 1. The Balaban J connectivity index is 1.49. The minimum absolute atomic E-state index is 0.0667. The fourth-order valence-corrected chi connectivity index (χ4v) is 4.82. The second kappa shape index (κ2) is 9.38. The molecule has 1 fully saturated rings. The number of hydrogen-bond donors (Lipinski definition) is 1. The van der Waals surface area contributed by atoms with Gasteiger partial charge in [-0.15, -0.1) is 0 Å². The number of nitrogens with zero attached hydrogens (tertiary/aromatic N) is 3. The Bertz CT molecular complexity index is 658. The van der Waals surface area contributed by atoms with Crippen LogP contribution in [0, 0.1) is 5.92 Å². The largest absolute Gasteiger partial charge is 0.356 e. The summed E-state index contributed by atoms with van der Waals surface area (Å²) in [6, 6.07) is 3.91. The molecule has 1 aliphatic rings. The van der Waals surface area contributed by atoms with Gasteiger partial charge in [-0.3, -0.25) is 4.79 Å². The summed E-state index contributed by atoms with van der Waals surface area (Å²) in [5, 5.41) is 4.11. The second-order valence-electron chi connectivity index (χ2n) is 6.37. The van der Waals surface area contributed by atoms with Gasteiger partial charge in [0.15, 0.2) is 5.13 Å². The van der Waals surface area contributed by atoms with E-state index in [1.165, 1.54) is 12.2 Å². The highest BCUT2D eigenvalue weighted by Crippen LogP contribution is 2.30. The van der Waals surface area contributed by atoms with E-state index in [-0.39, 0.29) is 11.8 Å². The third-order valence-electron chi connectivity index (χ3n) is 4.33. The number of thiazole rings is 1. The molecule has 1 atom stereocenters. The Morgan fingerprint density at radius 1 is 1.48 bits per heavy atom. The van der Waals surface area contributed by atoms with Gasteiger partial charge in [0.25, 0.3) is 0 Å². The lowest BCUT2D eigenvalue weighted by Gasteiger charge is -2.31. The van der Waals surface area contributed by atoms with Crippen molar-refractivity contribution >= 4 is 44.5 Å². The zero-order valence-electron chi connectivity index (χ0n) is 14.7. The Kier molecular flexibility index (Phi) is 6.93. The van der Waals surface area contributed by atoms with Crippen LogP contribution in [-0.4, -0.2) is 47.0 Å². The van der Waals surface area contributed by atoms with E-state index in [2.05, 4.69) is 27.1 Å². The van der Waals surface area contributed by atoms with Gasteiger partial charge in [-0.05, 0) is 49.3 Å². The highest BCUT2D eigenvalue weighted by atomic mass is 32.2. The molecular formula is C18H26N4OS2. The van der Waals surface area contributed by atoms with Crippen LogP contribution in [0.3, 0.4) is 0 Å². The molecule has 1 saturated heterocycles. The molecule has 5 nitrogen and oxygen atoms in total. The SMILES string of the molecule is CCCSCCCNC(=O)[C@@H]1CCCN(c2nc3cccnc3s2)C1. The molecular weight excluding hydrogens is 352 g/mol. The predicted octanol–water partition coefficient (Wildman–Crippen LogP) is 3.56. The van der Waals surface area contributed by atoms with E-state index in [1.807, 2.05) is 23.9 Å². The fraction of sp³-hybridized carbons (Fsp3) is 0.611. The monoisotopic (exact) mass is 378 g/mol. The molecule has 0 radical (unpaired) electrons. The van der Waals surface area contributed by atoms with Gasteiger partial charge in [0.1, 0.15) is 10.3 Å². The van der Waals surface area contributed by atoms with E-state index in [4.69, 9.17) is 0 Å². The van der Waals surface area contributed by atoms with E-state index in [1.54, 1.807) is 17.5 Å². The maximum Gasteiger partial charge on any atom is 0.224 e. The first kappa shape index (κ1) is 18.5. The van der Waals surface area contributed by atoms with Gasteiger partial charge in [0.2, 0.25) is 5.91 Å². The summed E-state index contributed by atoms with van der Waals surface area (Å²) in [4.78, 5) is 24.7.